The molecule has 3 nitrogen and oxygen atoms in total. The lowest BCUT2D eigenvalue weighted by Gasteiger charge is -2.01. The third-order valence-corrected chi connectivity index (χ3v) is 1.60. The smallest absolute Gasteiger partial charge is 0.269 e. The van der Waals surface area contributed by atoms with Crippen LogP contribution in [-0.4, -0.2) is 16.3 Å². The number of rotatable bonds is 2. The van der Waals surface area contributed by atoms with Crippen LogP contribution in [-0.2, 0) is 6.54 Å². The molecule has 0 saturated carbocycles. The Morgan fingerprint density at radius 1 is 1.64 bits per heavy atom. The van der Waals surface area contributed by atoms with Gasteiger partial charge in [-0.3, -0.25) is 4.79 Å². The highest BCUT2D eigenvalue weighted by Crippen LogP contribution is 1.97. The monoisotopic (exact) mass is 173 g/mol. The number of aliphatic hydroxyl groups is 1. The van der Waals surface area contributed by atoms with Crippen molar-refractivity contribution in [3.8, 4) is 0 Å². The second kappa shape index (κ2) is 3.55. The van der Waals surface area contributed by atoms with Gasteiger partial charge in [-0.25, -0.2) is 0 Å². The van der Waals surface area contributed by atoms with Gasteiger partial charge in [-0.1, -0.05) is 11.6 Å². The molecule has 1 rings (SSSR count). The van der Waals surface area contributed by atoms with Gasteiger partial charge in [-0.2, -0.15) is 0 Å². The Morgan fingerprint density at radius 2 is 2.36 bits per heavy atom. The van der Waals surface area contributed by atoms with E-state index in [2.05, 4.69) is 0 Å². The van der Waals surface area contributed by atoms with Crippen molar-refractivity contribution in [1.82, 2.24) is 4.57 Å². The zero-order valence-corrected chi connectivity index (χ0v) is 6.58. The van der Waals surface area contributed by atoms with E-state index in [9.17, 15) is 4.79 Å². The normalized spacial score (nSPS) is 10.0. The van der Waals surface area contributed by atoms with Gasteiger partial charge in [0.15, 0.2) is 0 Å². The lowest BCUT2D eigenvalue weighted by atomic mass is 10.4. The van der Waals surface area contributed by atoms with Crippen LogP contribution in [0.15, 0.2) is 23.1 Å². The van der Waals surface area contributed by atoms with E-state index < -0.39 is 0 Å². The molecule has 0 fully saturated rings. The van der Waals surface area contributed by atoms with Gasteiger partial charge in [-0.15, -0.1) is 0 Å². The summed E-state index contributed by atoms with van der Waals surface area (Å²) in [6, 6.07) is 3.19. The lowest BCUT2D eigenvalue weighted by molar-refractivity contribution is 0.274. The first-order valence-electron chi connectivity index (χ1n) is 3.21. The highest BCUT2D eigenvalue weighted by Gasteiger charge is 1.97. The summed E-state index contributed by atoms with van der Waals surface area (Å²) in [7, 11) is 0. The number of halogens is 1. The van der Waals surface area contributed by atoms with Crippen molar-refractivity contribution in [3.05, 3.63) is 33.7 Å². The molecular formula is C7H8ClNO2. The first-order chi connectivity index (χ1) is 5.25. The molecule has 0 aliphatic carbocycles. The minimum absolute atomic E-state index is 0.0553. The predicted molar refractivity (Wildman–Crippen MR) is 42.8 cm³/mol. The van der Waals surface area contributed by atoms with Crippen molar-refractivity contribution in [2.24, 2.45) is 0 Å². The second-order valence-corrected chi connectivity index (χ2v) is 2.49. The van der Waals surface area contributed by atoms with Gasteiger partial charge < -0.3 is 9.67 Å². The molecule has 0 radical (unpaired) electrons. The predicted octanol–water partition coefficient (Wildman–Crippen LogP) is 0.494. The molecule has 1 aromatic heterocycles. The van der Waals surface area contributed by atoms with Crippen LogP contribution < -0.4 is 5.56 Å². The fourth-order valence-corrected chi connectivity index (χ4v) is 0.973. The van der Waals surface area contributed by atoms with Crippen LogP contribution in [0.5, 0.6) is 0 Å². The van der Waals surface area contributed by atoms with Gasteiger partial charge >= 0.3 is 0 Å². The Kier molecular flexibility index (Phi) is 2.68. The molecule has 1 N–H and O–H groups in total. The van der Waals surface area contributed by atoms with Gasteiger partial charge in [0.25, 0.3) is 5.56 Å². The van der Waals surface area contributed by atoms with Crippen molar-refractivity contribution in [3.63, 3.8) is 0 Å². The van der Waals surface area contributed by atoms with Crippen LogP contribution in [0.1, 0.15) is 0 Å². The molecule has 0 amide bonds. The average molecular weight is 174 g/mol. The fraction of sp³-hybridized carbons (Fsp3) is 0.286. The molecule has 0 aromatic carbocycles. The maximum absolute atomic E-state index is 11.1. The van der Waals surface area contributed by atoms with E-state index in [1.165, 1.54) is 10.6 Å². The zero-order valence-electron chi connectivity index (χ0n) is 5.83. The summed E-state index contributed by atoms with van der Waals surface area (Å²) in [4.78, 5) is 11.1. The highest BCUT2D eigenvalue weighted by atomic mass is 35.5. The van der Waals surface area contributed by atoms with Crippen LogP contribution in [0, 0.1) is 0 Å². The standard InChI is InChI=1S/C7H8ClNO2/c8-6-2-1-3-9(4-5-10)7(6)11/h1-3,10H,4-5H2. The maximum atomic E-state index is 11.1. The summed E-state index contributed by atoms with van der Waals surface area (Å²) >= 11 is 5.53. The first kappa shape index (κ1) is 8.30. The quantitative estimate of drug-likeness (QED) is 0.708. The van der Waals surface area contributed by atoms with E-state index in [4.69, 9.17) is 16.7 Å². The molecule has 1 aromatic rings. The summed E-state index contributed by atoms with van der Waals surface area (Å²) in [6.45, 7) is 0.236. The van der Waals surface area contributed by atoms with Crippen molar-refractivity contribution < 1.29 is 5.11 Å². The summed E-state index contributed by atoms with van der Waals surface area (Å²) in [5, 5.41) is 8.71. The molecule has 60 valence electrons. The Bertz CT molecular complexity index is 295. The third kappa shape index (κ3) is 1.82. The maximum Gasteiger partial charge on any atom is 0.269 e. The Hall–Kier alpha value is -0.800. The highest BCUT2D eigenvalue weighted by molar-refractivity contribution is 6.30. The summed E-state index contributed by atoms with van der Waals surface area (Å²) in [6.07, 6.45) is 1.59. The number of pyridine rings is 1. The minimum atomic E-state index is -0.261. The van der Waals surface area contributed by atoms with Gasteiger partial charge in [0, 0.05) is 12.7 Å². The van der Waals surface area contributed by atoms with Crippen molar-refractivity contribution in [1.29, 1.82) is 0 Å². The van der Waals surface area contributed by atoms with E-state index in [1.807, 2.05) is 0 Å². The Labute approximate surface area is 68.8 Å². The number of aliphatic hydroxyl groups excluding tert-OH is 1. The SMILES string of the molecule is O=c1c(Cl)cccn1CCO. The molecule has 0 unspecified atom stereocenters. The molecule has 4 heteroatoms. The fourth-order valence-electron chi connectivity index (χ4n) is 0.791. The zero-order chi connectivity index (χ0) is 8.27. The topological polar surface area (TPSA) is 42.2 Å². The number of nitrogens with zero attached hydrogens (tertiary/aromatic N) is 1. The molecule has 0 spiro atoms. The molecule has 0 aliphatic heterocycles. The average Bonchev–Trinajstić information content (AvgIpc) is 1.99. The second-order valence-electron chi connectivity index (χ2n) is 2.08. The largest absolute Gasteiger partial charge is 0.395 e. The van der Waals surface area contributed by atoms with Crippen LogP contribution in [0.25, 0.3) is 0 Å². The van der Waals surface area contributed by atoms with Crippen LogP contribution in [0.3, 0.4) is 0 Å². The molecule has 11 heavy (non-hydrogen) atoms. The van der Waals surface area contributed by atoms with Crippen molar-refractivity contribution >= 4 is 11.6 Å². The van der Waals surface area contributed by atoms with Gasteiger partial charge in [0.2, 0.25) is 0 Å². The van der Waals surface area contributed by atoms with Crippen LogP contribution in [0.4, 0.5) is 0 Å². The van der Waals surface area contributed by atoms with Gasteiger partial charge in [0.05, 0.1) is 6.61 Å². The number of aromatic nitrogens is 1. The molecular weight excluding hydrogens is 166 g/mol. The van der Waals surface area contributed by atoms with E-state index in [0.717, 1.165) is 0 Å². The summed E-state index contributed by atoms with van der Waals surface area (Å²) < 4.78 is 1.36. The Balaban J connectivity index is 3.07. The van der Waals surface area contributed by atoms with Crippen molar-refractivity contribution in [2.75, 3.05) is 6.61 Å². The van der Waals surface area contributed by atoms with E-state index in [0.29, 0.717) is 6.54 Å². The van der Waals surface area contributed by atoms with Crippen LogP contribution >= 0.6 is 11.6 Å². The molecule has 0 atom stereocenters. The summed E-state index contributed by atoms with van der Waals surface area (Å²) in [5.41, 5.74) is -0.261. The van der Waals surface area contributed by atoms with Gasteiger partial charge in [0.1, 0.15) is 5.02 Å². The van der Waals surface area contributed by atoms with Crippen LogP contribution in [0.2, 0.25) is 5.02 Å². The summed E-state index contributed by atoms with van der Waals surface area (Å²) in [5.74, 6) is 0. The molecule has 0 aliphatic rings. The first-order valence-corrected chi connectivity index (χ1v) is 3.59. The minimum Gasteiger partial charge on any atom is -0.395 e. The van der Waals surface area contributed by atoms with E-state index in [-0.39, 0.29) is 17.2 Å². The van der Waals surface area contributed by atoms with Gasteiger partial charge in [-0.05, 0) is 12.1 Å². The van der Waals surface area contributed by atoms with E-state index in [1.54, 1.807) is 12.3 Å². The third-order valence-electron chi connectivity index (χ3n) is 1.31. The Morgan fingerprint density at radius 3 is 3.00 bits per heavy atom. The lowest BCUT2D eigenvalue weighted by Crippen LogP contribution is -2.20. The van der Waals surface area contributed by atoms with Crippen molar-refractivity contribution in [2.45, 2.75) is 6.54 Å². The molecule has 0 saturated heterocycles. The number of hydrogen-bond donors (Lipinski definition) is 1. The molecule has 1 heterocycles. The number of hydrogen-bond acceptors (Lipinski definition) is 2. The van der Waals surface area contributed by atoms with E-state index >= 15 is 0 Å². The molecule has 0 bridgehead atoms.